The molecule has 1 aliphatic carbocycles. The number of amides is 1. The zero-order valence-corrected chi connectivity index (χ0v) is 24.3. The SMILES string of the molecule is CCC(C)c1c(C2C(=O)Cc3cc(Cl)ccc32)c(C(=O)Nc2cc(Cl)ccc2F)cn1-c1cnc(OC)nc1OC. The van der Waals surface area contributed by atoms with Gasteiger partial charge in [-0.3, -0.25) is 9.59 Å². The summed E-state index contributed by atoms with van der Waals surface area (Å²) in [6.07, 6.45) is 4.01. The van der Waals surface area contributed by atoms with E-state index in [0.717, 1.165) is 11.1 Å². The monoisotopic (exact) mass is 596 g/mol. The van der Waals surface area contributed by atoms with Gasteiger partial charge >= 0.3 is 6.01 Å². The first-order valence-corrected chi connectivity index (χ1v) is 13.7. The van der Waals surface area contributed by atoms with Gasteiger partial charge in [0.15, 0.2) is 0 Å². The Balaban J connectivity index is 1.78. The van der Waals surface area contributed by atoms with Crippen molar-refractivity contribution >= 4 is 40.6 Å². The molecule has 11 heteroatoms. The van der Waals surface area contributed by atoms with Gasteiger partial charge < -0.3 is 19.4 Å². The van der Waals surface area contributed by atoms with Crippen molar-refractivity contribution in [3.63, 3.8) is 0 Å². The molecule has 1 aliphatic rings. The van der Waals surface area contributed by atoms with Crippen LogP contribution >= 0.6 is 23.2 Å². The highest BCUT2D eigenvalue weighted by Gasteiger charge is 2.39. The van der Waals surface area contributed by atoms with Gasteiger partial charge in [0.1, 0.15) is 17.3 Å². The number of benzene rings is 2. The number of nitrogens with one attached hydrogen (secondary N) is 1. The molecule has 2 aromatic carbocycles. The predicted octanol–water partition coefficient (Wildman–Crippen LogP) is 6.75. The lowest BCUT2D eigenvalue weighted by molar-refractivity contribution is -0.118. The number of hydrogen-bond acceptors (Lipinski definition) is 6. The summed E-state index contributed by atoms with van der Waals surface area (Å²) in [4.78, 5) is 36.2. The number of hydrogen-bond donors (Lipinski definition) is 1. The second-order valence-electron chi connectivity index (χ2n) is 9.77. The fourth-order valence-corrected chi connectivity index (χ4v) is 5.61. The number of carbonyl (C=O) groups is 2. The van der Waals surface area contributed by atoms with E-state index in [-0.39, 0.29) is 46.3 Å². The molecule has 212 valence electrons. The van der Waals surface area contributed by atoms with E-state index in [4.69, 9.17) is 32.7 Å². The summed E-state index contributed by atoms with van der Waals surface area (Å²) in [5.74, 6) is -1.99. The molecule has 2 atom stereocenters. The Morgan fingerprint density at radius 2 is 1.90 bits per heavy atom. The molecule has 2 heterocycles. The van der Waals surface area contributed by atoms with Crippen molar-refractivity contribution in [3.05, 3.63) is 92.6 Å². The Labute approximate surface area is 246 Å². The van der Waals surface area contributed by atoms with E-state index in [1.165, 1.54) is 38.6 Å². The normalized spacial score (nSPS) is 15.0. The minimum Gasteiger partial charge on any atom is -0.479 e. The summed E-state index contributed by atoms with van der Waals surface area (Å²) in [6, 6.07) is 9.33. The zero-order chi connectivity index (χ0) is 29.4. The van der Waals surface area contributed by atoms with Crippen LogP contribution in [0.15, 0.2) is 48.8 Å². The highest BCUT2D eigenvalue weighted by atomic mass is 35.5. The van der Waals surface area contributed by atoms with Crippen LogP contribution < -0.4 is 14.8 Å². The first-order chi connectivity index (χ1) is 19.7. The Morgan fingerprint density at radius 3 is 2.61 bits per heavy atom. The summed E-state index contributed by atoms with van der Waals surface area (Å²) in [7, 11) is 2.91. The number of Topliss-reactive ketones (excluding diaryl/α,β-unsaturated/α-hetero) is 1. The van der Waals surface area contributed by atoms with Gasteiger partial charge in [-0.1, -0.05) is 43.1 Å². The van der Waals surface area contributed by atoms with Crippen LogP contribution in [0.3, 0.4) is 0 Å². The van der Waals surface area contributed by atoms with Gasteiger partial charge in [0.2, 0.25) is 5.88 Å². The van der Waals surface area contributed by atoms with E-state index >= 15 is 0 Å². The third kappa shape index (κ3) is 5.27. The highest BCUT2D eigenvalue weighted by molar-refractivity contribution is 6.31. The van der Waals surface area contributed by atoms with Gasteiger partial charge in [-0.25, -0.2) is 9.37 Å². The van der Waals surface area contributed by atoms with E-state index in [9.17, 15) is 14.0 Å². The molecule has 0 spiro atoms. The quantitative estimate of drug-likeness (QED) is 0.241. The van der Waals surface area contributed by atoms with E-state index in [0.29, 0.717) is 28.4 Å². The largest absolute Gasteiger partial charge is 0.479 e. The van der Waals surface area contributed by atoms with Crippen LogP contribution in [0.4, 0.5) is 10.1 Å². The molecule has 0 aliphatic heterocycles. The minimum absolute atomic E-state index is 0.0782. The average molecular weight is 597 g/mol. The maximum absolute atomic E-state index is 14.7. The fraction of sp³-hybridized carbons (Fsp3) is 0.267. The van der Waals surface area contributed by atoms with Crippen molar-refractivity contribution < 1.29 is 23.5 Å². The molecule has 5 rings (SSSR count). The van der Waals surface area contributed by atoms with Crippen LogP contribution in [0.25, 0.3) is 5.69 Å². The zero-order valence-electron chi connectivity index (χ0n) is 22.8. The molecule has 0 radical (unpaired) electrons. The maximum atomic E-state index is 14.7. The van der Waals surface area contributed by atoms with Crippen molar-refractivity contribution in [1.29, 1.82) is 0 Å². The van der Waals surface area contributed by atoms with E-state index in [1.807, 2.05) is 19.9 Å². The Bertz CT molecular complexity index is 1670. The van der Waals surface area contributed by atoms with Gasteiger partial charge in [-0.2, -0.15) is 4.98 Å². The Kier molecular flexibility index (Phi) is 8.02. The number of anilines is 1. The molecular formula is C30H27Cl2FN4O4. The molecule has 2 aromatic heterocycles. The van der Waals surface area contributed by atoms with Gasteiger partial charge in [0.05, 0.1) is 37.6 Å². The van der Waals surface area contributed by atoms with Crippen LogP contribution in [0.1, 0.15) is 64.8 Å². The van der Waals surface area contributed by atoms with Crippen molar-refractivity contribution in [2.24, 2.45) is 0 Å². The molecule has 8 nitrogen and oxygen atoms in total. The van der Waals surface area contributed by atoms with Crippen LogP contribution in [0.5, 0.6) is 11.9 Å². The average Bonchev–Trinajstić information content (AvgIpc) is 3.50. The molecule has 1 amide bonds. The fourth-order valence-electron chi connectivity index (χ4n) is 5.25. The van der Waals surface area contributed by atoms with Crippen LogP contribution in [0.2, 0.25) is 10.0 Å². The van der Waals surface area contributed by atoms with Crippen LogP contribution in [-0.2, 0) is 11.2 Å². The molecule has 4 aromatic rings. The molecule has 0 saturated heterocycles. The minimum atomic E-state index is -0.748. The molecular weight excluding hydrogens is 570 g/mol. The molecule has 0 saturated carbocycles. The first-order valence-electron chi connectivity index (χ1n) is 12.9. The smallest absolute Gasteiger partial charge is 0.319 e. The Hall–Kier alpha value is -3.95. The van der Waals surface area contributed by atoms with E-state index in [2.05, 4.69) is 15.3 Å². The number of methoxy groups -OCH3 is 2. The topological polar surface area (TPSA) is 95.3 Å². The van der Waals surface area contributed by atoms with Crippen molar-refractivity contribution in [1.82, 2.24) is 14.5 Å². The summed E-state index contributed by atoms with van der Waals surface area (Å²) < 4.78 is 27.2. The third-order valence-corrected chi connectivity index (χ3v) is 7.79. The lowest BCUT2D eigenvalue weighted by atomic mass is 9.85. The van der Waals surface area contributed by atoms with Gasteiger partial charge in [0, 0.05) is 33.9 Å². The lowest BCUT2D eigenvalue weighted by Crippen LogP contribution is -2.19. The number of aromatic nitrogens is 3. The summed E-state index contributed by atoms with van der Waals surface area (Å²) >= 11 is 12.3. The third-order valence-electron chi connectivity index (χ3n) is 7.32. The van der Waals surface area contributed by atoms with Gasteiger partial charge in [-0.15, -0.1) is 0 Å². The van der Waals surface area contributed by atoms with E-state index in [1.54, 1.807) is 22.9 Å². The van der Waals surface area contributed by atoms with Crippen molar-refractivity contribution in [2.75, 3.05) is 19.5 Å². The number of rotatable bonds is 8. The number of ether oxygens (including phenoxy) is 2. The molecule has 1 N–H and O–H groups in total. The summed E-state index contributed by atoms with van der Waals surface area (Å²) in [6.45, 7) is 4.02. The van der Waals surface area contributed by atoms with Gasteiger partial charge in [0.25, 0.3) is 5.91 Å². The molecule has 2 unspecified atom stereocenters. The second kappa shape index (κ2) is 11.5. The highest BCUT2D eigenvalue weighted by Crippen LogP contribution is 2.44. The Morgan fingerprint density at radius 1 is 1.17 bits per heavy atom. The number of fused-ring (bicyclic) bond motifs is 1. The maximum Gasteiger partial charge on any atom is 0.319 e. The lowest BCUT2D eigenvalue weighted by Gasteiger charge is -2.21. The predicted molar refractivity (Wildman–Crippen MR) is 155 cm³/mol. The standard InChI is InChI=1S/C30H27Cl2FN4O4/c1-5-15(2)27-26(25-19-8-6-17(31)10-16(19)11-24(25)38)20(28(39)35-22-12-18(32)7-9-21(22)33)14-37(27)23-13-34-30(41-4)36-29(23)40-3/h6-10,12-15,25H,5,11H2,1-4H3,(H,35,39). The summed E-state index contributed by atoms with van der Waals surface area (Å²) in [5.41, 5.74) is 3.34. The van der Waals surface area contributed by atoms with Crippen LogP contribution in [-0.4, -0.2) is 40.4 Å². The van der Waals surface area contributed by atoms with Gasteiger partial charge in [-0.05, 0) is 53.8 Å². The second-order valence-corrected chi connectivity index (χ2v) is 10.6. The van der Waals surface area contributed by atoms with Crippen LogP contribution in [0, 0.1) is 5.82 Å². The molecule has 41 heavy (non-hydrogen) atoms. The number of carbonyl (C=O) groups excluding carboxylic acids is 2. The number of nitrogens with zero attached hydrogens (tertiary/aromatic N) is 3. The summed E-state index contributed by atoms with van der Waals surface area (Å²) in [5, 5.41) is 3.43. The molecule has 0 bridgehead atoms. The number of halogens is 3. The first kappa shape index (κ1) is 28.6. The molecule has 0 fully saturated rings. The number of ketones is 1. The van der Waals surface area contributed by atoms with E-state index < -0.39 is 17.6 Å². The van der Waals surface area contributed by atoms with Crippen molar-refractivity contribution in [2.45, 2.75) is 38.5 Å². The van der Waals surface area contributed by atoms with Crippen molar-refractivity contribution in [3.8, 4) is 17.6 Å².